The predicted molar refractivity (Wildman–Crippen MR) is 173 cm³/mol. The molecule has 8 rings (SSSR count). The minimum Gasteiger partial charge on any atom is -0.0616 e. The van der Waals surface area contributed by atoms with E-state index in [4.69, 9.17) is 21.9 Å². The van der Waals surface area contributed by atoms with E-state index in [0.29, 0.717) is 0 Å². The molecule has 0 nitrogen and oxygen atoms in total. The lowest BCUT2D eigenvalue weighted by atomic mass is 9.85. The molecule has 0 aliphatic carbocycles. The highest BCUT2D eigenvalue weighted by molar-refractivity contribution is 6.21. The molecule has 0 saturated heterocycles. The fourth-order valence-corrected chi connectivity index (χ4v) is 4.50. The van der Waals surface area contributed by atoms with Crippen LogP contribution < -0.4 is 0 Å². The van der Waals surface area contributed by atoms with Crippen molar-refractivity contribution in [1.82, 2.24) is 0 Å². The first-order chi connectivity index (χ1) is 30.7. The third kappa shape index (κ3) is 3.69. The molecule has 0 atom stereocenters. The van der Waals surface area contributed by atoms with Crippen LogP contribution in [0.4, 0.5) is 0 Å². The van der Waals surface area contributed by atoms with Crippen LogP contribution in [-0.4, -0.2) is 0 Å². The maximum Gasteiger partial charge on any atom is 0.0636 e. The minimum absolute atomic E-state index is 0.524. The van der Waals surface area contributed by atoms with Crippen molar-refractivity contribution in [2.75, 3.05) is 0 Å². The van der Waals surface area contributed by atoms with Gasteiger partial charge in [-0.05, 0) is 88.6 Å². The smallest absolute Gasteiger partial charge is 0.0616 e. The molecular weight excluding hydrogens is 480 g/mol. The molecule has 0 spiro atoms. The van der Waals surface area contributed by atoms with Gasteiger partial charge in [-0.3, -0.25) is 0 Å². The molecule has 0 aliphatic rings. The average molecular weight is 533 g/mol. The molecule has 0 N–H and O–H groups in total. The summed E-state index contributed by atoms with van der Waals surface area (Å²) in [5, 5.41) is -5.12. The standard InChI is InChI=1S/C40H26/c1-3-11-31-25-33(23-19-27(31)9-1)29-17-21-30(22-18-29)39-35-13-5-7-15-37(35)40(38-16-8-6-14-36(38)39)34-24-20-28-10-2-4-12-32(28)26-34/h1-26H/i1D,2D,3D,4D,5D,6D,7D,8D,9D,10D,11D,12D,13D,14D,15D,16D,17D,18D,19D,20D,21D,22D,23D,24D,25D,26D. The van der Waals surface area contributed by atoms with Gasteiger partial charge in [0.1, 0.15) is 0 Å². The maximum absolute atomic E-state index is 9.41. The van der Waals surface area contributed by atoms with Crippen molar-refractivity contribution in [3.63, 3.8) is 0 Å². The van der Waals surface area contributed by atoms with Gasteiger partial charge in [0.15, 0.2) is 0 Å². The zero-order valence-electron chi connectivity index (χ0n) is 46.0. The molecule has 0 saturated carbocycles. The van der Waals surface area contributed by atoms with Gasteiger partial charge in [-0.1, -0.05) is 145 Å². The highest BCUT2D eigenvalue weighted by atomic mass is 14.2. The summed E-state index contributed by atoms with van der Waals surface area (Å²) in [6.07, 6.45) is 0. The first-order valence-corrected chi connectivity index (χ1v) is 11.8. The second-order valence-electron chi connectivity index (χ2n) is 8.50. The Hall–Kier alpha value is -5.20. The summed E-state index contributed by atoms with van der Waals surface area (Å²) in [5.41, 5.74) is -4.57. The summed E-state index contributed by atoms with van der Waals surface area (Å²) in [7, 11) is 0. The van der Waals surface area contributed by atoms with E-state index in [2.05, 4.69) is 0 Å². The summed E-state index contributed by atoms with van der Waals surface area (Å²) in [6, 6.07) is -23.7. The van der Waals surface area contributed by atoms with Gasteiger partial charge in [-0.15, -0.1) is 0 Å². The molecule has 40 heavy (non-hydrogen) atoms. The van der Waals surface area contributed by atoms with Crippen LogP contribution in [0.25, 0.3) is 76.5 Å². The number of hydrogen-bond donors (Lipinski definition) is 0. The molecule has 8 aromatic rings. The van der Waals surface area contributed by atoms with Gasteiger partial charge in [-0.25, -0.2) is 0 Å². The van der Waals surface area contributed by atoms with Crippen molar-refractivity contribution in [2.45, 2.75) is 0 Å². The Morgan fingerprint density at radius 1 is 0.275 bits per heavy atom. The largest absolute Gasteiger partial charge is 0.0636 e. The Morgan fingerprint density at radius 2 is 0.625 bits per heavy atom. The lowest BCUT2D eigenvalue weighted by Crippen LogP contribution is -1.91. The topological polar surface area (TPSA) is 0 Å². The van der Waals surface area contributed by atoms with E-state index in [-0.39, 0.29) is 0 Å². The summed E-state index contributed by atoms with van der Waals surface area (Å²) < 4.78 is 230. The van der Waals surface area contributed by atoms with Gasteiger partial charge in [0.05, 0.1) is 35.6 Å². The van der Waals surface area contributed by atoms with E-state index in [9.17, 15) is 13.7 Å². The Balaban J connectivity index is 1.66. The van der Waals surface area contributed by atoms with Crippen LogP contribution in [0.1, 0.15) is 35.6 Å². The second-order valence-corrected chi connectivity index (χ2v) is 8.50. The van der Waals surface area contributed by atoms with Crippen LogP contribution in [-0.2, 0) is 0 Å². The Bertz CT molecular complexity index is 3540. The molecule has 186 valence electrons. The van der Waals surface area contributed by atoms with Crippen molar-refractivity contribution >= 4 is 43.1 Å². The van der Waals surface area contributed by atoms with E-state index in [0.717, 1.165) is 0 Å². The molecule has 0 fully saturated rings. The summed E-state index contributed by atoms with van der Waals surface area (Å²) in [4.78, 5) is 0. The van der Waals surface area contributed by atoms with Crippen LogP contribution in [0.5, 0.6) is 0 Å². The molecule has 0 aromatic heterocycles. The van der Waals surface area contributed by atoms with Crippen LogP contribution in [0.2, 0.25) is 0 Å². The first kappa shape index (κ1) is 8.65. The molecule has 0 heterocycles. The zero-order chi connectivity index (χ0) is 49.1. The first-order valence-electron chi connectivity index (χ1n) is 24.8. The predicted octanol–water partition coefficient (Wildman–Crippen LogP) is 11.3. The molecule has 8 aromatic carbocycles. The summed E-state index contributed by atoms with van der Waals surface area (Å²) in [5.74, 6) is 0. The van der Waals surface area contributed by atoms with E-state index >= 15 is 0 Å². The maximum atomic E-state index is 9.41. The van der Waals surface area contributed by atoms with Gasteiger partial charge in [0.25, 0.3) is 0 Å². The van der Waals surface area contributed by atoms with Crippen LogP contribution in [0.15, 0.2) is 157 Å². The summed E-state index contributed by atoms with van der Waals surface area (Å²) in [6.45, 7) is 0. The SMILES string of the molecule is [2H]c1c([2H])c(-c2c3c([2H])c([2H])c([2H])c([2H])c3c(-c3c([2H])c([2H])c4c([2H])c([2H])c([2H])c([2H])c4c3[2H])c3c([2H])c([2H])c([2H])c([2H])c23)c([2H])c([2H])c1-c1c([2H])c([2H])c2c([2H])c([2H])c([2H])c([2H])c2c1[2H]. The van der Waals surface area contributed by atoms with Crippen LogP contribution in [0, 0.1) is 0 Å². The minimum atomic E-state index is -1.07. The van der Waals surface area contributed by atoms with Crippen molar-refractivity contribution in [3.8, 4) is 33.4 Å². The van der Waals surface area contributed by atoms with Crippen LogP contribution in [0.3, 0.4) is 0 Å². The lowest BCUT2D eigenvalue weighted by molar-refractivity contribution is 1.63. The quantitative estimate of drug-likeness (QED) is 0.198. The average Bonchev–Trinajstić information content (AvgIpc) is 3.28. The lowest BCUT2D eigenvalue weighted by Gasteiger charge is -2.18. The van der Waals surface area contributed by atoms with Gasteiger partial charge in [0.2, 0.25) is 0 Å². The molecule has 0 radical (unpaired) electrons. The van der Waals surface area contributed by atoms with Crippen LogP contribution >= 0.6 is 0 Å². The van der Waals surface area contributed by atoms with Gasteiger partial charge < -0.3 is 0 Å². The van der Waals surface area contributed by atoms with Crippen molar-refractivity contribution in [3.05, 3.63) is 157 Å². The summed E-state index contributed by atoms with van der Waals surface area (Å²) >= 11 is 0. The van der Waals surface area contributed by atoms with Crippen molar-refractivity contribution in [1.29, 1.82) is 0 Å². The van der Waals surface area contributed by atoms with E-state index < -0.39 is 234 Å². The number of rotatable bonds is 3. The fourth-order valence-electron chi connectivity index (χ4n) is 4.50. The molecule has 0 bridgehead atoms. The highest BCUT2D eigenvalue weighted by Gasteiger charge is 2.16. The zero-order valence-corrected chi connectivity index (χ0v) is 20.0. The second kappa shape index (κ2) is 9.22. The van der Waals surface area contributed by atoms with E-state index in [1.165, 1.54) is 0 Å². The third-order valence-corrected chi connectivity index (χ3v) is 6.25. The Kier molecular flexibility index (Phi) is 1.99. The molecule has 0 aliphatic heterocycles. The Morgan fingerprint density at radius 3 is 1.15 bits per heavy atom. The van der Waals surface area contributed by atoms with Gasteiger partial charge >= 0.3 is 0 Å². The molecule has 0 unspecified atom stereocenters. The van der Waals surface area contributed by atoms with E-state index in [1.54, 1.807) is 0 Å². The van der Waals surface area contributed by atoms with Gasteiger partial charge in [-0.2, -0.15) is 0 Å². The molecular formula is C40H26. The molecule has 0 heteroatoms. The normalized spacial score (nSPS) is 20.6. The van der Waals surface area contributed by atoms with E-state index in [1.807, 2.05) is 0 Å². The number of fused-ring (bicyclic) bond motifs is 4. The third-order valence-electron chi connectivity index (χ3n) is 6.25. The Labute approximate surface area is 270 Å². The van der Waals surface area contributed by atoms with Crippen molar-refractivity contribution in [2.24, 2.45) is 0 Å². The van der Waals surface area contributed by atoms with Crippen molar-refractivity contribution < 1.29 is 35.6 Å². The van der Waals surface area contributed by atoms with Gasteiger partial charge in [0, 0.05) is 0 Å². The number of hydrogen-bond acceptors (Lipinski definition) is 0. The number of benzene rings is 8. The fraction of sp³-hybridized carbons (Fsp3) is 0. The highest BCUT2D eigenvalue weighted by Crippen LogP contribution is 2.44. The monoisotopic (exact) mass is 532 g/mol. The molecule has 0 amide bonds.